The van der Waals surface area contributed by atoms with E-state index < -0.39 is 41.6 Å². The van der Waals surface area contributed by atoms with E-state index >= 15 is 0 Å². The van der Waals surface area contributed by atoms with Gasteiger partial charge in [-0.1, -0.05) is 47.5 Å². The Morgan fingerprint density at radius 2 is 1.03 bits per heavy atom. The fraction of sp³-hybridized carbons (Fsp3) is 0.490. The lowest BCUT2D eigenvalue weighted by atomic mass is 10.1. The van der Waals surface area contributed by atoms with E-state index in [4.69, 9.17) is 80.3 Å². The van der Waals surface area contributed by atoms with Crippen LogP contribution in [-0.2, 0) is 41.4 Å². The van der Waals surface area contributed by atoms with Crippen LogP contribution in [0.15, 0.2) is 53.5 Å². The first kappa shape index (κ1) is 62.8. The second-order valence-corrected chi connectivity index (χ2v) is 18.2. The quantitative estimate of drug-likeness (QED) is 0.00851. The first-order valence-electron chi connectivity index (χ1n) is 25.3. The van der Waals surface area contributed by atoms with Gasteiger partial charge in [-0.25, -0.2) is 19.9 Å². The summed E-state index contributed by atoms with van der Waals surface area (Å²) in [4.78, 5) is 69.1. The standard InChI is InChI=1S/C49H70Cl2N16O12/c50-38-42(54)64-40(52)34(62-38)44(70)66-48(56)59-15-3-1-5-30-7-11-32(12-8-30)78-27-25-76-23-21-74-19-17-57-46(72)36(68)37(69)47(73)58-18-20-75-22-24-77-26-28-79-33-13-9-31(10-14-33)6-2-4-16-60-49(29-61-49)67-45(71)35-41(53)65-43(55)39(51)63-35/h7-14,36-37,60-61,68-69H,1-6,15-29H2,(H,57,72)(H,58,73)(H,67,71)(H4,52,54,64)(H4,53,55,65)(H3,56,59,66,70). The zero-order valence-corrected chi connectivity index (χ0v) is 45.0. The van der Waals surface area contributed by atoms with E-state index in [9.17, 15) is 29.4 Å². The number of guanidine groups is 1. The number of aliphatic hydroxyl groups excluding tert-OH is 2. The number of aromatic nitrogens is 4. The minimum Gasteiger partial charge on any atom is -0.491 e. The molecule has 18 N–H and O–H groups in total. The number of nitrogens with one attached hydrogen (secondary N) is 6. The molecule has 28 nitrogen and oxygen atoms in total. The van der Waals surface area contributed by atoms with Crippen molar-refractivity contribution in [1.82, 2.24) is 51.8 Å². The molecule has 432 valence electrons. The molecule has 1 saturated heterocycles. The molecule has 2 aromatic carbocycles. The summed E-state index contributed by atoms with van der Waals surface area (Å²) >= 11 is 11.7. The zero-order valence-electron chi connectivity index (χ0n) is 43.5. The number of hydrogen-bond acceptors (Lipinski definition) is 23. The zero-order chi connectivity index (χ0) is 57.0. The van der Waals surface area contributed by atoms with Crippen LogP contribution < -0.4 is 70.0 Å². The van der Waals surface area contributed by atoms with Gasteiger partial charge in [-0.2, -0.15) is 0 Å². The number of hydrogen-bond donors (Lipinski definition) is 13. The Morgan fingerprint density at radius 1 is 0.595 bits per heavy atom. The van der Waals surface area contributed by atoms with Crippen LogP contribution >= 0.6 is 23.2 Å². The van der Waals surface area contributed by atoms with E-state index in [1.807, 2.05) is 48.5 Å². The van der Waals surface area contributed by atoms with Gasteiger partial charge in [-0.3, -0.25) is 40.1 Å². The Hall–Kier alpha value is -6.99. The van der Waals surface area contributed by atoms with E-state index in [1.54, 1.807) is 0 Å². The number of aryl methyl sites for hydroxylation is 2. The number of anilines is 4. The van der Waals surface area contributed by atoms with Gasteiger partial charge in [-0.05, 0) is 80.5 Å². The molecular formula is C49H70Cl2N16O12. The van der Waals surface area contributed by atoms with Crippen molar-refractivity contribution in [2.75, 3.05) is 122 Å². The van der Waals surface area contributed by atoms with Crippen molar-refractivity contribution in [3.63, 3.8) is 0 Å². The van der Waals surface area contributed by atoms with Crippen molar-refractivity contribution >= 4 is 76.1 Å². The number of carbonyl (C=O) groups is 4. The molecular weight excluding hydrogens is 1080 g/mol. The Morgan fingerprint density at radius 3 is 1.49 bits per heavy atom. The van der Waals surface area contributed by atoms with E-state index in [-0.39, 0.29) is 104 Å². The van der Waals surface area contributed by atoms with Crippen LogP contribution in [0, 0.1) is 0 Å². The molecule has 0 radical (unpaired) electrons. The van der Waals surface area contributed by atoms with E-state index in [1.165, 1.54) is 0 Å². The number of nitrogen functional groups attached to an aromatic ring is 4. The fourth-order valence-electron chi connectivity index (χ4n) is 7.00. The average Bonchev–Trinajstić information content (AvgIpc) is 4.30. The van der Waals surface area contributed by atoms with Crippen molar-refractivity contribution in [2.45, 2.75) is 56.5 Å². The topological polar surface area (TPSA) is 440 Å². The van der Waals surface area contributed by atoms with E-state index in [0.29, 0.717) is 57.6 Å². The minimum absolute atomic E-state index is 0.0291. The number of amides is 4. The number of ether oxygens (including phenoxy) is 6. The minimum atomic E-state index is -1.99. The summed E-state index contributed by atoms with van der Waals surface area (Å²) in [5.41, 5.74) is 30.4. The van der Waals surface area contributed by atoms with Crippen LogP contribution in [0.3, 0.4) is 0 Å². The predicted octanol–water partition coefficient (Wildman–Crippen LogP) is -0.953. The number of benzene rings is 2. The first-order valence-corrected chi connectivity index (χ1v) is 26.1. The molecule has 30 heteroatoms. The van der Waals surface area contributed by atoms with Crippen LogP contribution in [0.2, 0.25) is 10.3 Å². The van der Waals surface area contributed by atoms with Crippen LogP contribution in [0.5, 0.6) is 11.5 Å². The molecule has 0 saturated carbocycles. The molecule has 4 aromatic rings. The van der Waals surface area contributed by atoms with E-state index in [0.717, 1.165) is 49.7 Å². The highest BCUT2D eigenvalue weighted by Crippen LogP contribution is 2.21. The van der Waals surface area contributed by atoms with Gasteiger partial charge in [-0.15, -0.1) is 0 Å². The van der Waals surface area contributed by atoms with Gasteiger partial charge in [0.2, 0.25) is 0 Å². The molecule has 3 heterocycles. The SMILES string of the molecule is NC(=NCCCCc1ccc(OCCOCCOCCNC(=O)C(O)C(O)C(=O)NCCOCCOCCOc2ccc(CCCCNC3(NC(=O)c4nc(Cl)c(N)nc4N)CN3)cc2)cc1)NC(=O)c1nc(Cl)c(N)nc1N. The molecule has 0 spiro atoms. The smallest absolute Gasteiger partial charge is 0.280 e. The van der Waals surface area contributed by atoms with Crippen molar-refractivity contribution in [2.24, 2.45) is 10.7 Å². The van der Waals surface area contributed by atoms with Crippen molar-refractivity contribution in [1.29, 1.82) is 0 Å². The van der Waals surface area contributed by atoms with Gasteiger partial charge < -0.3 is 83.3 Å². The second-order valence-electron chi connectivity index (χ2n) is 17.4. The lowest BCUT2D eigenvalue weighted by Gasteiger charge is -2.18. The Bertz CT molecular complexity index is 2610. The third kappa shape index (κ3) is 22.7. The van der Waals surface area contributed by atoms with Crippen molar-refractivity contribution < 1.29 is 57.8 Å². The van der Waals surface area contributed by atoms with Gasteiger partial charge in [0.25, 0.3) is 23.6 Å². The monoisotopic (exact) mass is 1140 g/mol. The summed E-state index contributed by atoms with van der Waals surface area (Å²) in [5.74, 6) is -2.95. The maximum absolute atomic E-state index is 12.7. The molecule has 4 amide bonds. The number of unbranched alkanes of at least 4 members (excludes halogenated alkanes) is 2. The van der Waals surface area contributed by atoms with Gasteiger partial charge in [0, 0.05) is 26.2 Å². The number of aliphatic hydroxyl groups is 2. The van der Waals surface area contributed by atoms with Gasteiger partial charge in [0.1, 0.15) is 24.7 Å². The van der Waals surface area contributed by atoms with Crippen molar-refractivity contribution in [3.8, 4) is 11.5 Å². The number of aliphatic imine (C=N–C) groups is 1. The Balaban J connectivity index is 0.770. The maximum Gasteiger partial charge on any atom is 0.280 e. The maximum atomic E-state index is 12.7. The third-order valence-electron chi connectivity index (χ3n) is 11.3. The molecule has 2 aromatic heterocycles. The number of rotatable bonds is 37. The lowest BCUT2D eigenvalue weighted by Crippen LogP contribution is -2.52. The van der Waals surface area contributed by atoms with E-state index in [2.05, 4.69) is 56.8 Å². The molecule has 0 aliphatic carbocycles. The third-order valence-corrected chi connectivity index (χ3v) is 11.9. The molecule has 5 rings (SSSR count). The van der Waals surface area contributed by atoms with Gasteiger partial charge in [0.15, 0.2) is 68.9 Å². The van der Waals surface area contributed by atoms with Crippen LogP contribution in [0.25, 0.3) is 0 Å². The summed E-state index contributed by atoms with van der Waals surface area (Å²) < 4.78 is 33.4. The highest BCUT2D eigenvalue weighted by atomic mass is 35.5. The average molecular weight is 1150 g/mol. The van der Waals surface area contributed by atoms with Crippen LogP contribution in [0.1, 0.15) is 57.8 Å². The normalized spacial score (nSPS) is 14.7. The van der Waals surface area contributed by atoms with Gasteiger partial charge in [0.05, 0.1) is 52.9 Å². The highest BCUT2D eigenvalue weighted by Gasteiger charge is 2.44. The predicted molar refractivity (Wildman–Crippen MR) is 293 cm³/mol. The second kappa shape index (κ2) is 33.4. The summed E-state index contributed by atoms with van der Waals surface area (Å²) in [7, 11) is 0. The summed E-state index contributed by atoms with van der Waals surface area (Å²) in [6.07, 6.45) is 1.02. The molecule has 1 fully saturated rings. The molecule has 3 atom stereocenters. The number of carbonyl (C=O) groups excluding carboxylic acids is 4. The summed E-state index contributed by atoms with van der Waals surface area (Å²) in [6.45, 7) is 4.20. The van der Waals surface area contributed by atoms with Gasteiger partial charge >= 0.3 is 0 Å². The number of nitrogens with two attached hydrogens (primary N) is 5. The highest BCUT2D eigenvalue weighted by molar-refractivity contribution is 6.32. The van der Waals surface area contributed by atoms with Crippen LogP contribution in [-0.4, -0.2) is 177 Å². The number of halogens is 2. The number of nitrogens with zero attached hydrogens (tertiary/aromatic N) is 5. The summed E-state index contributed by atoms with van der Waals surface area (Å²) in [6, 6.07) is 15.5. The molecule has 3 unspecified atom stereocenters. The molecule has 79 heavy (non-hydrogen) atoms. The largest absolute Gasteiger partial charge is 0.491 e. The molecule has 1 aliphatic heterocycles. The Labute approximate surface area is 465 Å². The van der Waals surface area contributed by atoms with Crippen LogP contribution in [0.4, 0.5) is 23.3 Å². The Kier molecular flexibility index (Phi) is 26.6. The first-order chi connectivity index (χ1) is 38.0. The molecule has 0 bridgehead atoms. The summed E-state index contributed by atoms with van der Waals surface area (Å²) in [5, 5.41) is 36.6. The fourth-order valence-corrected chi connectivity index (χ4v) is 7.26. The lowest BCUT2D eigenvalue weighted by molar-refractivity contribution is -0.146. The van der Waals surface area contributed by atoms with Crippen molar-refractivity contribution in [3.05, 3.63) is 81.4 Å². The molecule has 1 aliphatic rings.